The highest BCUT2D eigenvalue weighted by atomic mass is 16.6. The summed E-state index contributed by atoms with van der Waals surface area (Å²) in [6, 6.07) is 7.65. The Bertz CT molecular complexity index is 684. The second kappa shape index (κ2) is 7.50. The minimum absolute atomic E-state index is 0.0861. The number of benzene rings is 1. The fourth-order valence-corrected chi connectivity index (χ4v) is 3.92. The number of nitrogens with zero attached hydrogens (tertiary/aromatic N) is 1. The SMILES string of the molecule is CC(C)(C)OC(=O)NC1CCCN(c2ccc(C3(CN)CCC3)cc2)C1=O. The lowest BCUT2D eigenvalue weighted by Crippen LogP contribution is -2.53. The van der Waals surface area contributed by atoms with Crippen molar-refractivity contribution in [3.63, 3.8) is 0 Å². The van der Waals surface area contributed by atoms with Gasteiger partial charge in [0.05, 0.1) is 0 Å². The molecule has 1 heterocycles. The molecule has 1 aliphatic heterocycles. The van der Waals surface area contributed by atoms with E-state index in [1.807, 2.05) is 12.1 Å². The standard InChI is InChI=1S/C21H31N3O3/c1-20(2,3)27-19(26)23-17-6-4-13-24(18(17)25)16-9-7-15(8-10-16)21(14-22)11-5-12-21/h7-10,17H,4-6,11-14,22H2,1-3H3,(H,23,26). The molecule has 1 saturated heterocycles. The van der Waals surface area contributed by atoms with Crippen LogP contribution in [-0.2, 0) is 14.9 Å². The molecular formula is C21H31N3O3. The zero-order valence-corrected chi connectivity index (χ0v) is 16.6. The third-order valence-corrected chi connectivity index (χ3v) is 5.62. The van der Waals surface area contributed by atoms with Gasteiger partial charge in [-0.15, -0.1) is 0 Å². The van der Waals surface area contributed by atoms with Crippen LogP contribution in [0.4, 0.5) is 10.5 Å². The molecule has 6 nitrogen and oxygen atoms in total. The van der Waals surface area contributed by atoms with Crippen LogP contribution >= 0.6 is 0 Å². The molecule has 1 aromatic rings. The number of anilines is 1. The number of nitrogens with one attached hydrogen (secondary N) is 1. The molecule has 0 spiro atoms. The maximum absolute atomic E-state index is 12.9. The van der Waals surface area contributed by atoms with E-state index in [0.717, 1.165) is 24.9 Å². The van der Waals surface area contributed by atoms with Crippen molar-refractivity contribution < 1.29 is 14.3 Å². The van der Waals surface area contributed by atoms with Gasteiger partial charge < -0.3 is 20.7 Å². The number of hydrogen-bond acceptors (Lipinski definition) is 4. The Kier molecular flexibility index (Phi) is 5.47. The summed E-state index contributed by atoms with van der Waals surface area (Å²) < 4.78 is 5.28. The van der Waals surface area contributed by atoms with Crippen LogP contribution in [0.25, 0.3) is 0 Å². The number of carbonyl (C=O) groups is 2. The third-order valence-electron chi connectivity index (χ3n) is 5.62. The molecule has 6 heteroatoms. The summed E-state index contributed by atoms with van der Waals surface area (Å²) in [5.41, 5.74) is 7.65. The summed E-state index contributed by atoms with van der Waals surface area (Å²) >= 11 is 0. The summed E-state index contributed by atoms with van der Waals surface area (Å²) in [6.07, 6.45) is 4.40. The minimum atomic E-state index is -0.586. The molecule has 3 N–H and O–H groups in total. The monoisotopic (exact) mass is 373 g/mol. The first-order valence-electron chi connectivity index (χ1n) is 9.86. The van der Waals surface area contributed by atoms with Gasteiger partial charge >= 0.3 is 6.09 Å². The van der Waals surface area contributed by atoms with Crippen LogP contribution < -0.4 is 16.0 Å². The summed E-state index contributed by atoms with van der Waals surface area (Å²) in [4.78, 5) is 26.7. The number of carbonyl (C=O) groups excluding carboxylic acids is 2. The van der Waals surface area contributed by atoms with E-state index >= 15 is 0 Å². The quantitative estimate of drug-likeness (QED) is 0.849. The highest BCUT2D eigenvalue weighted by Crippen LogP contribution is 2.43. The Hall–Kier alpha value is -2.08. The van der Waals surface area contributed by atoms with Crippen molar-refractivity contribution in [2.24, 2.45) is 5.73 Å². The second-order valence-electron chi connectivity index (χ2n) is 8.72. The van der Waals surface area contributed by atoms with Gasteiger partial charge in [0.2, 0.25) is 5.91 Å². The molecule has 1 atom stereocenters. The lowest BCUT2D eigenvalue weighted by atomic mass is 9.64. The molecule has 1 saturated carbocycles. The molecule has 3 rings (SSSR count). The van der Waals surface area contributed by atoms with Crippen LogP contribution in [0.15, 0.2) is 24.3 Å². The number of ether oxygens (including phenoxy) is 1. The normalized spacial score (nSPS) is 22.1. The summed E-state index contributed by atoms with van der Waals surface area (Å²) in [5, 5.41) is 2.72. The third kappa shape index (κ3) is 4.26. The van der Waals surface area contributed by atoms with Gasteiger partial charge in [-0.05, 0) is 64.2 Å². The second-order valence-corrected chi connectivity index (χ2v) is 8.72. The lowest BCUT2D eigenvalue weighted by Gasteiger charge is -2.42. The van der Waals surface area contributed by atoms with Crippen molar-refractivity contribution >= 4 is 17.7 Å². The molecule has 2 aliphatic rings. The van der Waals surface area contributed by atoms with E-state index in [-0.39, 0.29) is 11.3 Å². The van der Waals surface area contributed by atoms with E-state index in [2.05, 4.69) is 17.4 Å². The number of alkyl carbamates (subject to hydrolysis) is 1. The van der Waals surface area contributed by atoms with E-state index in [4.69, 9.17) is 10.5 Å². The molecule has 1 aliphatic carbocycles. The molecule has 2 amide bonds. The van der Waals surface area contributed by atoms with Crippen molar-refractivity contribution in [3.05, 3.63) is 29.8 Å². The highest BCUT2D eigenvalue weighted by molar-refractivity contribution is 5.99. The van der Waals surface area contributed by atoms with E-state index in [1.165, 1.54) is 12.0 Å². The van der Waals surface area contributed by atoms with E-state index in [9.17, 15) is 9.59 Å². The molecular weight excluding hydrogens is 342 g/mol. The largest absolute Gasteiger partial charge is 0.444 e. The van der Waals surface area contributed by atoms with Crippen molar-refractivity contribution in [1.29, 1.82) is 0 Å². The summed E-state index contributed by atoms with van der Waals surface area (Å²) in [5.74, 6) is -0.0861. The Balaban J connectivity index is 1.68. The van der Waals surface area contributed by atoms with Gasteiger partial charge in [-0.2, -0.15) is 0 Å². The number of nitrogens with two attached hydrogens (primary N) is 1. The maximum Gasteiger partial charge on any atom is 0.408 e. The molecule has 1 unspecified atom stereocenters. The van der Waals surface area contributed by atoms with Gasteiger partial charge in [-0.25, -0.2) is 4.79 Å². The smallest absolute Gasteiger partial charge is 0.408 e. The Labute approximate surface area is 161 Å². The van der Waals surface area contributed by atoms with Crippen molar-refractivity contribution in [2.75, 3.05) is 18.0 Å². The van der Waals surface area contributed by atoms with Crippen molar-refractivity contribution in [1.82, 2.24) is 5.32 Å². The van der Waals surface area contributed by atoms with Gasteiger partial charge in [0.1, 0.15) is 11.6 Å². The van der Waals surface area contributed by atoms with Crippen LogP contribution in [0, 0.1) is 0 Å². The Morgan fingerprint density at radius 2 is 1.93 bits per heavy atom. The van der Waals surface area contributed by atoms with Crippen LogP contribution in [0.1, 0.15) is 58.4 Å². The molecule has 0 radical (unpaired) electrons. The van der Waals surface area contributed by atoms with Gasteiger partial charge in [0.25, 0.3) is 0 Å². The zero-order chi connectivity index (χ0) is 19.7. The average Bonchev–Trinajstić information content (AvgIpc) is 2.55. The Morgan fingerprint density at radius 1 is 1.26 bits per heavy atom. The molecule has 1 aromatic carbocycles. The first-order valence-corrected chi connectivity index (χ1v) is 9.86. The molecule has 148 valence electrons. The van der Waals surface area contributed by atoms with Crippen molar-refractivity contribution in [3.8, 4) is 0 Å². The van der Waals surface area contributed by atoms with Gasteiger partial charge in [-0.1, -0.05) is 18.6 Å². The Morgan fingerprint density at radius 3 is 2.44 bits per heavy atom. The van der Waals surface area contributed by atoms with Gasteiger partial charge in [0, 0.05) is 24.2 Å². The minimum Gasteiger partial charge on any atom is -0.444 e. The zero-order valence-electron chi connectivity index (χ0n) is 16.6. The van der Waals surface area contributed by atoms with Crippen LogP contribution in [0.3, 0.4) is 0 Å². The molecule has 0 bridgehead atoms. The maximum atomic E-state index is 12.9. The number of rotatable bonds is 4. The topological polar surface area (TPSA) is 84.7 Å². The van der Waals surface area contributed by atoms with Gasteiger partial charge in [-0.3, -0.25) is 4.79 Å². The van der Waals surface area contributed by atoms with Crippen molar-refractivity contribution in [2.45, 2.75) is 69.9 Å². The van der Waals surface area contributed by atoms with Crippen LogP contribution in [-0.4, -0.2) is 36.7 Å². The molecule has 2 fully saturated rings. The van der Waals surface area contributed by atoms with E-state index in [0.29, 0.717) is 19.5 Å². The first kappa shape index (κ1) is 19.7. The van der Waals surface area contributed by atoms with E-state index in [1.54, 1.807) is 25.7 Å². The fraction of sp³-hybridized carbons (Fsp3) is 0.619. The number of hydrogen-bond donors (Lipinski definition) is 2. The van der Waals surface area contributed by atoms with Crippen LogP contribution in [0.2, 0.25) is 0 Å². The predicted octanol–water partition coefficient (Wildman–Crippen LogP) is 3.09. The average molecular weight is 373 g/mol. The number of amides is 2. The summed E-state index contributed by atoms with van der Waals surface area (Å²) in [7, 11) is 0. The number of piperidine rings is 1. The predicted molar refractivity (Wildman–Crippen MR) is 106 cm³/mol. The molecule has 0 aromatic heterocycles. The van der Waals surface area contributed by atoms with Gasteiger partial charge in [0.15, 0.2) is 0 Å². The first-order chi connectivity index (χ1) is 12.7. The lowest BCUT2D eigenvalue weighted by molar-refractivity contribution is -0.121. The van der Waals surface area contributed by atoms with E-state index < -0.39 is 17.7 Å². The fourth-order valence-electron chi connectivity index (χ4n) is 3.92. The highest BCUT2D eigenvalue weighted by Gasteiger charge is 2.37. The molecule has 27 heavy (non-hydrogen) atoms. The van der Waals surface area contributed by atoms with Crippen LogP contribution in [0.5, 0.6) is 0 Å². The summed E-state index contributed by atoms with van der Waals surface area (Å²) in [6.45, 7) is 6.74.